The van der Waals surface area contributed by atoms with Crippen LogP contribution in [0.5, 0.6) is 0 Å². The summed E-state index contributed by atoms with van der Waals surface area (Å²) in [6.45, 7) is 4.97. The number of carbonyl (C=O) groups excluding carboxylic acids is 2. The lowest BCUT2D eigenvalue weighted by atomic mass is 9.66. The van der Waals surface area contributed by atoms with E-state index in [-0.39, 0.29) is 47.0 Å². The number of halogens is 4. The van der Waals surface area contributed by atoms with Crippen molar-refractivity contribution in [3.8, 4) is 0 Å². The van der Waals surface area contributed by atoms with Gasteiger partial charge in [0.25, 0.3) is 5.91 Å². The average molecular weight is 605 g/mol. The van der Waals surface area contributed by atoms with Gasteiger partial charge in [0.2, 0.25) is 5.91 Å². The van der Waals surface area contributed by atoms with E-state index in [9.17, 15) is 41.4 Å². The van der Waals surface area contributed by atoms with Crippen LogP contribution in [0.1, 0.15) is 56.8 Å². The Bertz CT molecular complexity index is 1370. The number of benzene rings is 2. The highest BCUT2D eigenvalue weighted by Crippen LogP contribution is 2.46. The van der Waals surface area contributed by atoms with E-state index in [2.05, 4.69) is 10.6 Å². The Kier molecular flexibility index (Phi) is 9.92. The highest BCUT2D eigenvalue weighted by molar-refractivity contribution is 7.92. The second kappa shape index (κ2) is 12.5. The molecule has 2 aromatic rings. The third kappa shape index (κ3) is 6.79. The molecule has 1 saturated carbocycles. The molecule has 1 fully saturated rings. The maximum absolute atomic E-state index is 13.7. The van der Waals surface area contributed by atoms with E-state index in [1.165, 1.54) is 19.1 Å². The normalized spacial score (nSPS) is 23.9. The molecule has 1 aliphatic rings. The summed E-state index contributed by atoms with van der Waals surface area (Å²) in [6, 6.07) is 4.67. The first-order valence-electron chi connectivity index (χ1n) is 12.8. The van der Waals surface area contributed by atoms with Gasteiger partial charge in [-0.05, 0) is 49.8 Å². The lowest BCUT2D eigenvalue weighted by molar-refractivity contribution is -0.138. The molecule has 0 heterocycles. The largest absolute Gasteiger partial charge is 0.392 e. The fraction of sp³-hybridized carbons (Fsp3) is 0.481. The van der Waals surface area contributed by atoms with Crippen LogP contribution in [0.3, 0.4) is 0 Å². The highest BCUT2D eigenvalue weighted by atomic mass is 35.5. The minimum absolute atomic E-state index is 0.0138. The Balaban J connectivity index is 1.85. The monoisotopic (exact) mass is 604 g/mol. The minimum Gasteiger partial charge on any atom is -0.392 e. The SMILES string of the molecule is CCC1C[C@@H](S(=O)(=O)c2cc(C(=O)Nc3cc(F)c(F)c(F)c3)ccc2Cl)C[C@H](C)[C@@]1(O)CC(=O)NC[C@H](C)O. The molecule has 5 atom stereocenters. The van der Waals surface area contributed by atoms with Crippen LogP contribution in [-0.4, -0.2) is 53.9 Å². The lowest BCUT2D eigenvalue weighted by Crippen LogP contribution is -2.54. The number of hydrogen-bond donors (Lipinski definition) is 4. The van der Waals surface area contributed by atoms with Crippen LogP contribution in [0.2, 0.25) is 5.02 Å². The summed E-state index contributed by atoms with van der Waals surface area (Å²) in [6.07, 6.45) is -0.589. The van der Waals surface area contributed by atoms with Gasteiger partial charge >= 0.3 is 0 Å². The van der Waals surface area contributed by atoms with Crippen molar-refractivity contribution in [2.45, 2.75) is 68.3 Å². The van der Waals surface area contributed by atoms with Crippen molar-refractivity contribution in [2.75, 3.05) is 11.9 Å². The zero-order valence-corrected chi connectivity index (χ0v) is 23.8. The second-order valence-electron chi connectivity index (χ2n) is 10.3. The Labute approximate surface area is 235 Å². The Morgan fingerprint density at radius 2 is 1.77 bits per heavy atom. The van der Waals surface area contributed by atoms with Crippen molar-refractivity contribution in [1.82, 2.24) is 5.32 Å². The maximum Gasteiger partial charge on any atom is 0.255 e. The summed E-state index contributed by atoms with van der Waals surface area (Å²) in [5.41, 5.74) is -2.02. The zero-order chi connectivity index (χ0) is 30.0. The number of hydrogen-bond acceptors (Lipinski definition) is 6. The standard InChI is InChI=1S/C27H32ClF3N2O6S/c1-4-17-9-19(7-14(2)27(17,37)12-24(35)32-13-15(3)34)40(38,39)23-8-16(5-6-20(23)28)26(36)33-18-10-21(29)25(31)22(30)11-18/h5-6,8,10-11,14-15,17,19,34,37H,4,7,9,12-13H2,1-3H3,(H,32,35)(H,33,36)/t14-,15-,17?,19-,27-/m0/s1. The summed E-state index contributed by atoms with van der Waals surface area (Å²) in [7, 11) is -4.14. The van der Waals surface area contributed by atoms with Gasteiger partial charge in [-0.25, -0.2) is 21.6 Å². The molecule has 2 aromatic carbocycles. The number of rotatable bonds is 9. The molecule has 2 amide bonds. The number of anilines is 1. The summed E-state index contributed by atoms with van der Waals surface area (Å²) < 4.78 is 67.8. The smallest absolute Gasteiger partial charge is 0.255 e. The van der Waals surface area contributed by atoms with Crippen molar-refractivity contribution in [3.05, 3.63) is 58.4 Å². The molecule has 220 valence electrons. The van der Waals surface area contributed by atoms with E-state index in [0.29, 0.717) is 18.6 Å². The van der Waals surface area contributed by atoms with Crippen molar-refractivity contribution in [1.29, 1.82) is 0 Å². The van der Waals surface area contributed by atoms with Gasteiger partial charge in [-0.3, -0.25) is 9.59 Å². The third-order valence-corrected chi connectivity index (χ3v) is 10.1. The van der Waals surface area contributed by atoms with Crippen LogP contribution in [-0.2, 0) is 14.6 Å². The minimum atomic E-state index is -4.14. The quantitative estimate of drug-likeness (QED) is 0.317. The maximum atomic E-state index is 13.7. The molecular weight excluding hydrogens is 573 g/mol. The number of carbonyl (C=O) groups is 2. The molecule has 0 aromatic heterocycles. The van der Waals surface area contributed by atoms with E-state index >= 15 is 0 Å². The van der Waals surface area contributed by atoms with Gasteiger partial charge in [0.15, 0.2) is 27.3 Å². The van der Waals surface area contributed by atoms with E-state index < -0.39 is 67.9 Å². The number of aliphatic hydroxyl groups excluding tert-OH is 1. The van der Waals surface area contributed by atoms with Gasteiger partial charge < -0.3 is 20.8 Å². The average Bonchev–Trinajstić information content (AvgIpc) is 2.87. The fourth-order valence-corrected chi connectivity index (χ4v) is 7.62. The first-order valence-corrected chi connectivity index (χ1v) is 14.7. The summed E-state index contributed by atoms with van der Waals surface area (Å²) in [5.74, 6) is -7.23. The van der Waals surface area contributed by atoms with Crippen LogP contribution in [0.25, 0.3) is 0 Å². The molecule has 0 aliphatic heterocycles. The van der Waals surface area contributed by atoms with E-state index in [0.717, 1.165) is 6.07 Å². The molecule has 13 heteroatoms. The molecule has 0 saturated heterocycles. The number of sulfone groups is 1. The molecule has 8 nitrogen and oxygen atoms in total. The van der Waals surface area contributed by atoms with Crippen molar-refractivity contribution < 1.29 is 41.4 Å². The molecule has 4 N–H and O–H groups in total. The number of aliphatic hydroxyl groups is 2. The predicted octanol–water partition coefficient (Wildman–Crippen LogP) is 4.23. The van der Waals surface area contributed by atoms with E-state index in [4.69, 9.17) is 11.6 Å². The third-order valence-electron chi connectivity index (χ3n) is 7.44. The molecular formula is C27H32ClF3N2O6S. The van der Waals surface area contributed by atoms with Crippen LogP contribution >= 0.6 is 11.6 Å². The first kappa shape index (κ1) is 31.9. The van der Waals surface area contributed by atoms with Gasteiger partial charge in [-0.1, -0.05) is 31.9 Å². The number of nitrogens with one attached hydrogen (secondary N) is 2. The van der Waals surface area contributed by atoms with Gasteiger partial charge in [0.05, 0.1) is 33.3 Å². The second-order valence-corrected chi connectivity index (χ2v) is 12.9. The lowest BCUT2D eigenvalue weighted by Gasteiger charge is -2.47. The van der Waals surface area contributed by atoms with Crippen LogP contribution < -0.4 is 10.6 Å². The molecule has 0 radical (unpaired) electrons. The summed E-state index contributed by atoms with van der Waals surface area (Å²) in [4.78, 5) is 24.9. The van der Waals surface area contributed by atoms with Gasteiger partial charge in [-0.2, -0.15) is 0 Å². The van der Waals surface area contributed by atoms with Gasteiger partial charge in [-0.15, -0.1) is 0 Å². The van der Waals surface area contributed by atoms with Crippen LogP contribution in [0.4, 0.5) is 18.9 Å². The van der Waals surface area contributed by atoms with Crippen molar-refractivity contribution >= 4 is 38.9 Å². The van der Waals surface area contributed by atoms with E-state index in [1.807, 2.05) is 0 Å². The zero-order valence-electron chi connectivity index (χ0n) is 22.2. The fourth-order valence-electron chi connectivity index (χ4n) is 5.16. The highest BCUT2D eigenvalue weighted by Gasteiger charge is 2.50. The molecule has 40 heavy (non-hydrogen) atoms. The Morgan fingerprint density at radius 1 is 1.15 bits per heavy atom. The predicted molar refractivity (Wildman–Crippen MR) is 143 cm³/mol. The number of amides is 2. The first-order chi connectivity index (χ1) is 18.6. The van der Waals surface area contributed by atoms with Gasteiger partial charge in [0, 0.05) is 29.9 Å². The summed E-state index contributed by atoms with van der Waals surface area (Å²) in [5, 5.41) is 24.5. The van der Waals surface area contributed by atoms with E-state index in [1.54, 1.807) is 13.8 Å². The summed E-state index contributed by atoms with van der Waals surface area (Å²) >= 11 is 6.24. The molecule has 3 rings (SSSR count). The van der Waals surface area contributed by atoms with Crippen LogP contribution in [0.15, 0.2) is 35.2 Å². The topological polar surface area (TPSA) is 133 Å². The van der Waals surface area contributed by atoms with Crippen molar-refractivity contribution in [3.63, 3.8) is 0 Å². The Hall–Kier alpha value is -2.67. The van der Waals surface area contributed by atoms with Gasteiger partial charge in [0.1, 0.15) is 0 Å². The Morgan fingerprint density at radius 3 is 2.35 bits per heavy atom. The molecule has 1 unspecified atom stereocenters. The molecule has 1 aliphatic carbocycles. The van der Waals surface area contributed by atoms with Crippen LogP contribution in [0, 0.1) is 29.3 Å². The van der Waals surface area contributed by atoms with Crippen molar-refractivity contribution in [2.24, 2.45) is 11.8 Å². The molecule has 0 spiro atoms. The molecule has 0 bridgehead atoms.